The molecule has 2 heterocycles. The van der Waals surface area contributed by atoms with E-state index in [0.29, 0.717) is 22.2 Å². The van der Waals surface area contributed by atoms with Crippen LogP contribution < -0.4 is 5.32 Å². The molecule has 2 rings (SSSR count). The van der Waals surface area contributed by atoms with Crippen LogP contribution in [-0.2, 0) is 4.84 Å². The Morgan fingerprint density at radius 1 is 1.55 bits per heavy atom. The molecule has 0 aliphatic heterocycles. The lowest BCUT2D eigenvalue weighted by atomic mass is 10.3. The number of rotatable bonds is 5. The molecule has 0 aliphatic rings. The summed E-state index contributed by atoms with van der Waals surface area (Å²) in [6.07, 6.45) is 5.36. The summed E-state index contributed by atoms with van der Waals surface area (Å²) in [5.41, 5.74) is 1.58. The molecule has 1 N–H and O–H groups in total. The normalized spacial score (nSPS) is 11.3. The van der Waals surface area contributed by atoms with Crippen molar-refractivity contribution in [3.8, 4) is 10.6 Å². The van der Waals surface area contributed by atoms with Crippen molar-refractivity contribution in [1.82, 2.24) is 15.3 Å². The Morgan fingerprint density at radius 3 is 3.00 bits per heavy atom. The van der Waals surface area contributed by atoms with E-state index in [0.717, 1.165) is 10.6 Å². The minimum Gasteiger partial charge on any atom is -0.398 e. The summed E-state index contributed by atoms with van der Waals surface area (Å²) >= 11 is 2.88. The van der Waals surface area contributed by atoms with Crippen LogP contribution in [0, 0.1) is 6.92 Å². The minimum atomic E-state index is -0.227. The molecule has 0 saturated heterocycles. The van der Waals surface area contributed by atoms with Gasteiger partial charge < -0.3 is 10.2 Å². The molecule has 6 nitrogen and oxygen atoms in total. The first-order chi connectivity index (χ1) is 10.7. The van der Waals surface area contributed by atoms with Crippen molar-refractivity contribution in [2.75, 3.05) is 19.1 Å². The largest absolute Gasteiger partial charge is 0.398 e. The Morgan fingerprint density at radius 2 is 2.36 bits per heavy atom. The number of oxime groups is 1. The van der Waals surface area contributed by atoms with E-state index >= 15 is 0 Å². The lowest BCUT2D eigenvalue weighted by Crippen LogP contribution is -2.32. The molecule has 0 fully saturated rings. The van der Waals surface area contributed by atoms with Crippen molar-refractivity contribution >= 4 is 34.8 Å². The fraction of sp³-hybridized carbons (Fsp3) is 0.286. The van der Waals surface area contributed by atoms with Gasteiger partial charge in [-0.2, -0.15) is 11.8 Å². The summed E-state index contributed by atoms with van der Waals surface area (Å²) in [5.74, 6) is 0.818. The monoisotopic (exact) mass is 336 g/mol. The fourth-order valence-corrected chi connectivity index (χ4v) is 3.09. The van der Waals surface area contributed by atoms with E-state index in [2.05, 4.69) is 20.4 Å². The topological polar surface area (TPSA) is 76.5 Å². The van der Waals surface area contributed by atoms with Crippen molar-refractivity contribution in [1.29, 1.82) is 0 Å². The Kier molecular flexibility index (Phi) is 5.91. The fourth-order valence-electron chi connectivity index (χ4n) is 1.74. The van der Waals surface area contributed by atoms with E-state index in [9.17, 15) is 4.79 Å². The van der Waals surface area contributed by atoms with Gasteiger partial charge in [0, 0.05) is 18.0 Å². The predicted molar refractivity (Wildman–Crippen MR) is 90.4 cm³/mol. The van der Waals surface area contributed by atoms with Gasteiger partial charge in [0.25, 0.3) is 5.91 Å². The molecule has 0 saturated carbocycles. The number of amidine groups is 1. The molecule has 0 spiro atoms. The lowest BCUT2D eigenvalue weighted by Gasteiger charge is -2.05. The van der Waals surface area contributed by atoms with Crippen molar-refractivity contribution in [2.45, 2.75) is 6.92 Å². The van der Waals surface area contributed by atoms with Crippen LogP contribution in [0.15, 0.2) is 29.7 Å². The average molecular weight is 336 g/mol. The number of carbonyl (C=O) groups excluding carboxylic acids is 1. The van der Waals surface area contributed by atoms with Gasteiger partial charge in [0.1, 0.15) is 17.0 Å². The highest BCUT2D eigenvalue weighted by Gasteiger charge is 2.17. The Labute approximate surface area is 137 Å². The van der Waals surface area contributed by atoms with Crippen LogP contribution >= 0.6 is 23.1 Å². The molecule has 0 atom stereocenters. The summed E-state index contributed by atoms with van der Waals surface area (Å²) in [6.45, 7) is 1.81. The third-order valence-electron chi connectivity index (χ3n) is 2.65. The van der Waals surface area contributed by atoms with Crippen molar-refractivity contribution < 1.29 is 9.63 Å². The molecule has 2 aromatic rings. The highest BCUT2D eigenvalue weighted by Crippen LogP contribution is 2.27. The van der Waals surface area contributed by atoms with Gasteiger partial charge in [-0.3, -0.25) is 9.78 Å². The molecule has 0 radical (unpaired) electrons. The Balaban J connectivity index is 2.20. The summed E-state index contributed by atoms with van der Waals surface area (Å²) < 4.78 is 0. The number of amides is 1. The summed E-state index contributed by atoms with van der Waals surface area (Å²) in [6, 6.07) is 3.76. The smallest absolute Gasteiger partial charge is 0.268 e. The van der Waals surface area contributed by atoms with E-state index in [1.54, 1.807) is 24.2 Å². The SMILES string of the molecule is CON=C(CSC)NC(=O)c1sc(-c2cccnc2)nc1C. The van der Waals surface area contributed by atoms with Gasteiger partial charge in [-0.25, -0.2) is 4.98 Å². The van der Waals surface area contributed by atoms with Crippen LogP contribution in [0.1, 0.15) is 15.4 Å². The second kappa shape index (κ2) is 7.90. The third kappa shape index (κ3) is 4.05. The quantitative estimate of drug-likeness (QED) is 0.516. The van der Waals surface area contributed by atoms with Gasteiger partial charge >= 0.3 is 0 Å². The molecule has 0 unspecified atom stereocenters. The zero-order valence-electron chi connectivity index (χ0n) is 12.5. The first-order valence-corrected chi connectivity index (χ1v) is 8.65. The molecule has 1 amide bonds. The second-order valence-electron chi connectivity index (χ2n) is 4.28. The van der Waals surface area contributed by atoms with E-state index in [1.807, 2.05) is 25.3 Å². The van der Waals surface area contributed by atoms with Crippen molar-refractivity contribution in [3.63, 3.8) is 0 Å². The number of nitrogens with zero attached hydrogens (tertiary/aromatic N) is 3. The Hall–Kier alpha value is -1.93. The second-order valence-corrected chi connectivity index (χ2v) is 6.15. The van der Waals surface area contributed by atoms with Gasteiger partial charge in [0.05, 0.1) is 11.4 Å². The number of hydrogen-bond donors (Lipinski definition) is 1. The number of aryl methyl sites for hydroxylation is 1. The minimum absolute atomic E-state index is 0.227. The molecule has 2 aromatic heterocycles. The summed E-state index contributed by atoms with van der Waals surface area (Å²) in [4.78, 5) is 26.2. The zero-order valence-corrected chi connectivity index (χ0v) is 14.1. The van der Waals surface area contributed by atoms with Gasteiger partial charge in [-0.1, -0.05) is 5.16 Å². The summed E-state index contributed by atoms with van der Waals surface area (Å²) in [5, 5.41) is 7.34. The molecular weight excluding hydrogens is 320 g/mol. The molecule has 0 bridgehead atoms. The highest BCUT2D eigenvalue weighted by atomic mass is 32.2. The van der Waals surface area contributed by atoms with Gasteiger partial charge in [-0.15, -0.1) is 11.3 Å². The zero-order chi connectivity index (χ0) is 15.9. The number of pyridine rings is 1. The average Bonchev–Trinajstić information content (AvgIpc) is 2.91. The van der Waals surface area contributed by atoms with E-state index in [-0.39, 0.29) is 5.91 Å². The van der Waals surface area contributed by atoms with Crippen molar-refractivity contribution in [3.05, 3.63) is 35.1 Å². The van der Waals surface area contributed by atoms with Gasteiger partial charge in [0.15, 0.2) is 5.84 Å². The number of hydrogen-bond acceptors (Lipinski definition) is 7. The van der Waals surface area contributed by atoms with E-state index in [1.165, 1.54) is 18.4 Å². The molecule has 0 aliphatic carbocycles. The van der Waals surface area contributed by atoms with Crippen LogP contribution in [0.2, 0.25) is 0 Å². The van der Waals surface area contributed by atoms with Crippen LogP contribution in [0.4, 0.5) is 0 Å². The first kappa shape index (κ1) is 16.4. The van der Waals surface area contributed by atoms with E-state index in [4.69, 9.17) is 4.84 Å². The Bertz CT molecular complexity index is 671. The van der Waals surface area contributed by atoms with Crippen LogP contribution in [-0.4, -0.2) is 40.8 Å². The molecule has 8 heteroatoms. The number of thioether (sulfide) groups is 1. The number of nitrogens with one attached hydrogen (secondary N) is 1. The highest BCUT2D eigenvalue weighted by molar-refractivity contribution is 7.99. The van der Waals surface area contributed by atoms with Crippen LogP contribution in [0.3, 0.4) is 0 Å². The standard InChI is InChI=1S/C14H16N4O2S2/c1-9-12(13(19)17-11(8-21-3)18-20-2)22-14(16-9)10-5-4-6-15-7-10/h4-7H,8H2,1-3H3,(H,17,18,19). The third-order valence-corrected chi connectivity index (χ3v) is 4.42. The number of carbonyl (C=O) groups is 1. The van der Waals surface area contributed by atoms with Gasteiger partial charge in [0.2, 0.25) is 0 Å². The summed E-state index contributed by atoms with van der Waals surface area (Å²) in [7, 11) is 1.45. The van der Waals surface area contributed by atoms with Crippen LogP contribution in [0.25, 0.3) is 10.6 Å². The van der Waals surface area contributed by atoms with Gasteiger partial charge in [-0.05, 0) is 25.3 Å². The van der Waals surface area contributed by atoms with Crippen molar-refractivity contribution in [2.24, 2.45) is 5.16 Å². The number of thiazole rings is 1. The molecule has 22 heavy (non-hydrogen) atoms. The van der Waals surface area contributed by atoms with E-state index < -0.39 is 0 Å². The predicted octanol–water partition coefficient (Wildman–Crippen LogP) is 2.57. The molecule has 116 valence electrons. The number of aromatic nitrogens is 2. The lowest BCUT2D eigenvalue weighted by molar-refractivity contribution is 0.0977. The maximum atomic E-state index is 12.4. The molecular formula is C14H16N4O2S2. The van der Waals surface area contributed by atoms with Crippen LogP contribution in [0.5, 0.6) is 0 Å². The molecule has 0 aromatic carbocycles. The first-order valence-electron chi connectivity index (χ1n) is 6.43. The maximum absolute atomic E-state index is 12.4. The maximum Gasteiger partial charge on any atom is 0.268 e.